The van der Waals surface area contributed by atoms with E-state index in [2.05, 4.69) is 4.98 Å². The van der Waals surface area contributed by atoms with E-state index in [1.807, 2.05) is 43.5 Å². The van der Waals surface area contributed by atoms with E-state index in [4.69, 9.17) is 4.74 Å². The summed E-state index contributed by atoms with van der Waals surface area (Å²) >= 11 is 0. The van der Waals surface area contributed by atoms with Crippen molar-refractivity contribution in [1.82, 2.24) is 4.98 Å². The molecule has 2 heterocycles. The molecule has 1 atom stereocenters. The molecule has 26 heavy (non-hydrogen) atoms. The van der Waals surface area contributed by atoms with E-state index in [1.165, 1.54) is 4.90 Å². The van der Waals surface area contributed by atoms with E-state index in [0.29, 0.717) is 18.0 Å². The lowest BCUT2D eigenvalue weighted by Gasteiger charge is -2.16. The summed E-state index contributed by atoms with van der Waals surface area (Å²) in [4.78, 5) is 16.2. The molecule has 0 saturated carbocycles. The van der Waals surface area contributed by atoms with Gasteiger partial charge in [-0.2, -0.15) is 0 Å². The average molecular weight is 352 g/mol. The zero-order chi connectivity index (χ0) is 18.3. The Morgan fingerprint density at radius 1 is 1.35 bits per heavy atom. The van der Waals surface area contributed by atoms with Crippen molar-refractivity contribution >= 4 is 22.7 Å². The van der Waals surface area contributed by atoms with Gasteiger partial charge in [-0.05, 0) is 23.6 Å². The summed E-state index contributed by atoms with van der Waals surface area (Å²) in [5.41, 5.74) is 4.34. The summed E-state index contributed by atoms with van der Waals surface area (Å²) < 4.78 is 6.03. The molecule has 1 aliphatic heterocycles. The highest BCUT2D eigenvalue weighted by Gasteiger charge is 2.35. The second-order valence-electron chi connectivity index (χ2n) is 6.58. The Kier molecular flexibility index (Phi) is 4.05. The number of benzene rings is 2. The third kappa shape index (κ3) is 2.59. The van der Waals surface area contributed by atoms with Crippen LogP contribution in [0.5, 0.6) is 5.75 Å². The molecule has 1 amide bonds. The molecule has 2 aromatic carbocycles. The second kappa shape index (κ2) is 6.38. The molecule has 0 aliphatic carbocycles. The Balaban J connectivity index is 1.82. The third-order valence-electron chi connectivity index (χ3n) is 4.93. The summed E-state index contributed by atoms with van der Waals surface area (Å²) in [7, 11) is 0. The molecule has 0 saturated heterocycles. The van der Waals surface area contributed by atoms with Gasteiger partial charge in [0, 0.05) is 30.1 Å². The topological polar surface area (TPSA) is 85.8 Å². The normalized spacial score (nSPS) is 16.1. The van der Waals surface area contributed by atoms with E-state index >= 15 is 0 Å². The van der Waals surface area contributed by atoms with E-state index in [0.717, 1.165) is 27.6 Å². The van der Waals surface area contributed by atoms with Crippen molar-refractivity contribution in [2.24, 2.45) is 0 Å². The van der Waals surface area contributed by atoms with Crippen LogP contribution in [-0.2, 0) is 6.61 Å². The fourth-order valence-corrected chi connectivity index (χ4v) is 3.69. The van der Waals surface area contributed by atoms with Gasteiger partial charge in [-0.15, -0.1) is 0 Å². The van der Waals surface area contributed by atoms with Crippen LogP contribution < -0.4 is 9.64 Å². The maximum Gasteiger partial charge on any atom is 0.411 e. The van der Waals surface area contributed by atoms with Crippen LogP contribution >= 0.6 is 0 Å². The maximum atomic E-state index is 11.7. The first-order valence-corrected chi connectivity index (χ1v) is 8.52. The number of rotatable bonds is 4. The highest BCUT2D eigenvalue weighted by molar-refractivity contribution is 6.01. The number of aryl methyl sites for hydroxylation is 1. The molecule has 134 valence electrons. The Bertz CT molecular complexity index is 965. The molecular formula is C20H20N2O4. The number of carbonyl (C=O) groups is 1. The lowest BCUT2D eigenvalue weighted by Crippen LogP contribution is -2.28. The largest absolute Gasteiger partial charge is 0.487 e. The predicted molar refractivity (Wildman–Crippen MR) is 99.0 cm³/mol. The van der Waals surface area contributed by atoms with Crippen LogP contribution in [-0.4, -0.2) is 34.4 Å². The zero-order valence-corrected chi connectivity index (χ0v) is 14.4. The smallest absolute Gasteiger partial charge is 0.411 e. The van der Waals surface area contributed by atoms with Gasteiger partial charge >= 0.3 is 6.09 Å². The molecule has 6 heteroatoms. The van der Waals surface area contributed by atoms with Gasteiger partial charge in [0.25, 0.3) is 0 Å². The number of aliphatic hydroxyl groups is 1. The molecule has 0 radical (unpaired) electrons. The highest BCUT2D eigenvalue weighted by Crippen LogP contribution is 2.46. The summed E-state index contributed by atoms with van der Waals surface area (Å²) in [6.07, 6.45) is 0.863. The zero-order valence-electron chi connectivity index (χ0n) is 14.4. The van der Waals surface area contributed by atoms with Crippen molar-refractivity contribution in [2.45, 2.75) is 19.4 Å². The number of aromatic nitrogens is 1. The monoisotopic (exact) mass is 352 g/mol. The second-order valence-corrected chi connectivity index (χ2v) is 6.58. The lowest BCUT2D eigenvalue weighted by molar-refractivity contribution is 0.201. The minimum atomic E-state index is -1.02. The Morgan fingerprint density at radius 3 is 2.81 bits per heavy atom. The number of aliphatic hydroxyl groups excluding tert-OH is 1. The number of nitrogens with zero attached hydrogens (tertiary/aromatic N) is 1. The fourth-order valence-electron chi connectivity index (χ4n) is 3.69. The Morgan fingerprint density at radius 2 is 2.12 bits per heavy atom. The van der Waals surface area contributed by atoms with Crippen molar-refractivity contribution in [3.05, 3.63) is 59.3 Å². The van der Waals surface area contributed by atoms with Crippen molar-refractivity contribution < 1.29 is 19.7 Å². The van der Waals surface area contributed by atoms with E-state index in [9.17, 15) is 15.0 Å². The molecule has 3 N–H and O–H groups in total. The minimum absolute atomic E-state index is 0.0965. The third-order valence-corrected chi connectivity index (χ3v) is 4.93. The predicted octanol–water partition coefficient (Wildman–Crippen LogP) is 3.63. The number of H-pyrrole nitrogens is 1. The average Bonchev–Trinajstić information content (AvgIpc) is 3.21. The number of fused-ring (bicyclic) bond motifs is 3. The number of amides is 1. The van der Waals surface area contributed by atoms with Gasteiger partial charge in [-0.1, -0.05) is 30.3 Å². The van der Waals surface area contributed by atoms with Crippen LogP contribution in [0.25, 0.3) is 10.9 Å². The standard InChI is InChI=1S/C20H20N2O4/c1-12-8-21-19-16(26-11-13-5-3-2-4-6-13)7-15-18(17(12)19)14(10-23)9-22(15)20(24)25/h2-8,14,21,23H,9-11H2,1H3,(H,24,25). The van der Waals surface area contributed by atoms with E-state index in [1.54, 1.807) is 6.07 Å². The minimum Gasteiger partial charge on any atom is -0.487 e. The first kappa shape index (κ1) is 16.5. The van der Waals surface area contributed by atoms with Crippen LogP contribution in [0, 0.1) is 6.92 Å². The number of anilines is 1. The van der Waals surface area contributed by atoms with Crippen LogP contribution in [0.15, 0.2) is 42.6 Å². The van der Waals surface area contributed by atoms with Crippen molar-refractivity contribution in [3.8, 4) is 5.75 Å². The first-order valence-electron chi connectivity index (χ1n) is 8.52. The summed E-state index contributed by atoms with van der Waals surface area (Å²) in [5.74, 6) is 0.377. The number of nitrogens with one attached hydrogen (secondary N) is 1. The molecule has 1 aliphatic rings. The van der Waals surface area contributed by atoms with Gasteiger partial charge in [0.15, 0.2) is 0 Å². The van der Waals surface area contributed by atoms with E-state index in [-0.39, 0.29) is 19.1 Å². The fraction of sp³-hybridized carbons (Fsp3) is 0.250. The number of aromatic amines is 1. The van der Waals surface area contributed by atoms with Crippen LogP contribution in [0.4, 0.5) is 10.5 Å². The van der Waals surface area contributed by atoms with Gasteiger partial charge in [-0.3, -0.25) is 4.90 Å². The lowest BCUT2D eigenvalue weighted by atomic mass is 9.96. The number of hydrogen-bond donors (Lipinski definition) is 3. The Labute approximate surface area is 150 Å². The van der Waals surface area contributed by atoms with Crippen LogP contribution in [0.2, 0.25) is 0 Å². The molecule has 0 spiro atoms. The molecule has 1 unspecified atom stereocenters. The van der Waals surface area contributed by atoms with Gasteiger partial charge in [0.05, 0.1) is 17.8 Å². The van der Waals surface area contributed by atoms with Crippen molar-refractivity contribution in [2.75, 3.05) is 18.1 Å². The van der Waals surface area contributed by atoms with Crippen molar-refractivity contribution in [3.63, 3.8) is 0 Å². The molecular weight excluding hydrogens is 332 g/mol. The number of carboxylic acid groups (broad SMARTS) is 1. The van der Waals surface area contributed by atoms with Gasteiger partial charge < -0.3 is 19.9 Å². The van der Waals surface area contributed by atoms with Gasteiger partial charge in [-0.25, -0.2) is 4.79 Å². The molecule has 0 bridgehead atoms. The molecule has 3 aromatic rings. The summed E-state index contributed by atoms with van der Waals surface area (Å²) in [5, 5.41) is 20.3. The number of ether oxygens (including phenoxy) is 1. The molecule has 6 nitrogen and oxygen atoms in total. The first-order chi connectivity index (χ1) is 12.6. The van der Waals surface area contributed by atoms with Crippen LogP contribution in [0.3, 0.4) is 0 Å². The van der Waals surface area contributed by atoms with Crippen molar-refractivity contribution in [1.29, 1.82) is 0 Å². The van der Waals surface area contributed by atoms with Crippen LogP contribution in [0.1, 0.15) is 22.6 Å². The molecule has 4 rings (SSSR count). The maximum absolute atomic E-state index is 11.7. The number of hydrogen-bond acceptors (Lipinski definition) is 3. The molecule has 0 fully saturated rings. The van der Waals surface area contributed by atoms with Gasteiger partial charge in [0.2, 0.25) is 0 Å². The SMILES string of the molecule is Cc1c[nH]c2c(OCc3ccccc3)cc3c(c12)C(CO)CN3C(=O)O. The Hall–Kier alpha value is -2.99. The summed E-state index contributed by atoms with van der Waals surface area (Å²) in [6, 6.07) is 11.6. The quantitative estimate of drug-likeness (QED) is 0.669. The van der Waals surface area contributed by atoms with Gasteiger partial charge in [0.1, 0.15) is 12.4 Å². The highest BCUT2D eigenvalue weighted by atomic mass is 16.5. The van der Waals surface area contributed by atoms with E-state index < -0.39 is 6.09 Å². The summed E-state index contributed by atoms with van der Waals surface area (Å²) in [6.45, 7) is 2.52. The molecule has 1 aromatic heterocycles.